The highest BCUT2D eigenvalue weighted by Gasteiger charge is 2.61. The summed E-state index contributed by atoms with van der Waals surface area (Å²) in [6.45, 7) is 8.68. The second kappa shape index (κ2) is 8.19. The molecular weight excluding hydrogens is 428 g/mol. The first-order valence-corrected chi connectivity index (χ1v) is 13.3. The highest BCUT2D eigenvalue weighted by molar-refractivity contribution is 7.99. The molecule has 3 aliphatic rings. The Balaban J connectivity index is 1.26. The molecular formula is C23H32N4O2S2. The van der Waals surface area contributed by atoms with Gasteiger partial charge in [-0.1, -0.05) is 38.6 Å². The molecule has 1 N–H and O–H groups in total. The molecule has 1 saturated heterocycles. The van der Waals surface area contributed by atoms with Crippen molar-refractivity contribution in [2.45, 2.75) is 76.7 Å². The maximum atomic E-state index is 12.9. The topological polar surface area (TPSA) is 69.0 Å². The fourth-order valence-corrected chi connectivity index (χ4v) is 7.40. The van der Waals surface area contributed by atoms with Crippen LogP contribution in [0.15, 0.2) is 22.7 Å². The lowest BCUT2D eigenvalue weighted by molar-refractivity contribution is -0.120. The molecule has 2 aromatic heterocycles. The molecule has 2 aromatic rings. The van der Waals surface area contributed by atoms with E-state index in [-0.39, 0.29) is 23.5 Å². The third kappa shape index (κ3) is 3.74. The number of nitrogens with zero attached hydrogens (tertiary/aromatic N) is 3. The Bertz CT molecular complexity index is 936. The molecule has 5 rings (SSSR count). The van der Waals surface area contributed by atoms with Crippen LogP contribution in [0.25, 0.3) is 10.7 Å². The van der Waals surface area contributed by atoms with Gasteiger partial charge in [-0.15, -0.1) is 21.5 Å². The van der Waals surface area contributed by atoms with Crippen LogP contribution in [0.3, 0.4) is 0 Å². The highest BCUT2D eigenvalue weighted by atomic mass is 32.2. The Labute approximate surface area is 192 Å². The van der Waals surface area contributed by atoms with E-state index >= 15 is 0 Å². The fourth-order valence-electron chi connectivity index (χ4n) is 5.93. The van der Waals surface area contributed by atoms with E-state index in [1.165, 1.54) is 24.6 Å². The second-order valence-electron chi connectivity index (χ2n) is 10.0. The maximum Gasteiger partial charge on any atom is 0.230 e. The van der Waals surface area contributed by atoms with Gasteiger partial charge in [0.05, 0.1) is 23.3 Å². The molecule has 168 valence electrons. The Kier molecular flexibility index (Phi) is 5.67. The summed E-state index contributed by atoms with van der Waals surface area (Å²) in [5.74, 6) is 2.06. The number of thiophene rings is 1. The molecule has 3 fully saturated rings. The van der Waals surface area contributed by atoms with E-state index in [0.29, 0.717) is 11.2 Å². The van der Waals surface area contributed by atoms with Gasteiger partial charge in [0.2, 0.25) is 5.91 Å². The van der Waals surface area contributed by atoms with E-state index in [0.717, 1.165) is 54.2 Å². The first-order valence-electron chi connectivity index (χ1n) is 11.4. The van der Waals surface area contributed by atoms with Gasteiger partial charge < -0.3 is 10.1 Å². The van der Waals surface area contributed by atoms with Crippen LogP contribution in [-0.4, -0.2) is 45.2 Å². The molecule has 2 bridgehead atoms. The standard InChI is InChI=1S/C23H32N4O2S2/c1-22(2)15-8-9-23(22,3)18(12-15)24-19(28)14-31-21-26-25-20(17-7-5-11-30-17)27(21)13-16-6-4-10-29-16/h5,7,11,15-16,18H,4,6,8-10,12-14H2,1-3H3,(H,24,28)/t15-,16+,18-,23-/m0/s1. The van der Waals surface area contributed by atoms with E-state index in [1.54, 1.807) is 11.3 Å². The zero-order valence-corrected chi connectivity index (χ0v) is 20.2. The fraction of sp³-hybridized carbons (Fsp3) is 0.696. The first-order chi connectivity index (χ1) is 14.9. The van der Waals surface area contributed by atoms with Crippen molar-refractivity contribution in [2.24, 2.45) is 16.7 Å². The van der Waals surface area contributed by atoms with E-state index in [4.69, 9.17) is 4.74 Å². The van der Waals surface area contributed by atoms with Gasteiger partial charge in [-0.05, 0) is 60.3 Å². The number of carbonyl (C=O) groups is 1. The van der Waals surface area contributed by atoms with Crippen LogP contribution in [0, 0.1) is 16.7 Å². The predicted octanol–water partition coefficient (Wildman–Crippen LogP) is 4.61. The lowest BCUT2D eigenvalue weighted by Crippen LogP contribution is -2.47. The molecule has 8 heteroatoms. The number of fused-ring (bicyclic) bond motifs is 2. The van der Waals surface area contributed by atoms with Crippen molar-refractivity contribution in [3.8, 4) is 10.7 Å². The van der Waals surface area contributed by atoms with Gasteiger partial charge in [0.25, 0.3) is 0 Å². The first kappa shape index (κ1) is 21.5. The molecule has 2 saturated carbocycles. The molecule has 31 heavy (non-hydrogen) atoms. The minimum Gasteiger partial charge on any atom is -0.376 e. The maximum absolute atomic E-state index is 12.9. The van der Waals surface area contributed by atoms with Crippen LogP contribution in [0.4, 0.5) is 0 Å². The van der Waals surface area contributed by atoms with Gasteiger partial charge in [0.1, 0.15) is 0 Å². The van der Waals surface area contributed by atoms with Gasteiger partial charge in [-0.3, -0.25) is 9.36 Å². The Morgan fingerprint density at radius 3 is 2.87 bits per heavy atom. The van der Waals surface area contributed by atoms with E-state index < -0.39 is 0 Å². The van der Waals surface area contributed by atoms with Crippen molar-refractivity contribution in [3.05, 3.63) is 17.5 Å². The molecule has 0 spiro atoms. The minimum atomic E-state index is 0.101. The molecule has 0 aromatic carbocycles. The third-order valence-corrected chi connectivity index (χ3v) is 10.2. The van der Waals surface area contributed by atoms with E-state index in [9.17, 15) is 4.79 Å². The van der Waals surface area contributed by atoms with Gasteiger partial charge in [-0.25, -0.2) is 0 Å². The number of aromatic nitrogens is 3. The number of hydrogen-bond donors (Lipinski definition) is 1. The van der Waals surface area contributed by atoms with Crippen LogP contribution in [0.1, 0.15) is 52.9 Å². The van der Waals surface area contributed by atoms with Crippen LogP contribution in [-0.2, 0) is 16.1 Å². The summed E-state index contributed by atoms with van der Waals surface area (Å²) in [4.78, 5) is 14.0. The van der Waals surface area contributed by atoms with Crippen molar-refractivity contribution >= 4 is 29.0 Å². The number of ether oxygens (including phenoxy) is 1. The Morgan fingerprint density at radius 1 is 1.35 bits per heavy atom. The summed E-state index contributed by atoms with van der Waals surface area (Å²) >= 11 is 3.15. The molecule has 3 heterocycles. The molecule has 0 unspecified atom stereocenters. The SMILES string of the molecule is CC1(C)[C@H]2CC[C@@]1(C)[C@@H](NC(=O)CSc1nnc(-c3cccs3)n1C[C@H]1CCCO1)C2. The molecule has 2 aliphatic carbocycles. The van der Waals surface area contributed by atoms with Crippen molar-refractivity contribution in [2.75, 3.05) is 12.4 Å². The summed E-state index contributed by atoms with van der Waals surface area (Å²) in [6, 6.07) is 4.38. The van der Waals surface area contributed by atoms with Crippen molar-refractivity contribution in [3.63, 3.8) is 0 Å². The molecule has 1 aliphatic heterocycles. The number of rotatable bonds is 7. The average Bonchev–Trinajstić information content (AvgIpc) is 3.54. The van der Waals surface area contributed by atoms with Crippen LogP contribution < -0.4 is 5.32 Å². The lowest BCUT2D eigenvalue weighted by Gasteiger charge is -2.39. The zero-order valence-electron chi connectivity index (χ0n) is 18.6. The van der Waals surface area contributed by atoms with E-state index in [1.807, 2.05) is 6.07 Å². The Hall–Kier alpha value is -1.38. The summed E-state index contributed by atoms with van der Waals surface area (Å²) < 4.78 is 8.01. The number of amides is 1. The number of thioether (sulfide) groups is 1. The molecule has 6 nitrogen and oxygen atoms in total. The molecule has 1 amide bonds. The van der Waals surface area contributed by atoms with Gasteiger partial charge >= 0.3 is 0 Å². The summed E-state index contributed by atoms with van der Waals surface area (Å²) in [7, 11) is 0. The number of carbonyl (C=O) groups excluding carboxylic acids is 1. The zero-order chi connectivity index (χ0) is 21.6. The Morgan fingerprint density at radius 2 is 2.23 bits per heavy atom. The molecule has 4 atom stereocenters. The van der Waals surface area contributed by atoms with Gasteiger partial charge in [-0.2, -0.15) is 0 Å². The third-order valence-electron chi connectivity index (χ3n) is 8.33. The monoisotopic (exact) mass is 460 g/mol. The lowest BCUT2D eigenvalue weighted by atomic mass is 9.69. The number of nitrogens with one attached hydrogen (secondary N) is 1. The van der Waals surface area contributed by atoms with Crippen molar-refractivity contribution in [1.82, 2.24) is 20.1 Å². The largest absolute Gasteiger partial charge is 0.376 e. The quantitative estimate of drug-likeness (QED) is 0.611. The molecule has 0 radical (unpaired) electrons. The van der Waals surface area contributed by atoms with E-state index in [2.05, 4.69) is 52.3 Å². The van der Waals surface area contributed by atoms with Gasteiger partial charge in [0.15, 0.2) is 11.0 Å². The normalized spacial score (nSPS) is 31.4. The summed E-state index contributed by atoms with van der Waals surface area (Å²) in [6.07, 6.45) is 5.97. The van der Waals surface area contributed by atoms with Crippen molar-refractivity contribution in [1.29, 1.82) is 0 Å². The smallest absolute Gasteiger partial charge is 0.230 e. The van der Waals surface area contributed by atoms with Crippen LogP contribution >= 0.6 is 23.1 Å². The predicted molar refractivity (Wildman–Crippen MR) is 124 cm³/mol. The number of hydrogen-bond acceptors (Lipinski definition) is 6. The summed E-state index contributed by atoms with van der Waals surface area (Å²) in [5, 5.41) is 15.1. The highest BCUT2D eigenvalue weighted by Crippen LogP contribution is 2.65. The second-order valence-corrected chi connectivity index (χ2v) is 11.9. The van der Waals surface area contributed by atoms with Crippen molar-refractivity contribution < 1.29 is 9.53 Å². The van der Waals surface area contributed by atoms with Crippen LogP contribution in [0.2, 0.25) is 0 Å². The average molecular weight is 461 g/mol. The van der Waals surface area contributed by atoms with Gasteiger partial charge in [0, 0.05) is 12.6 Å². The summed E-state index contributed by atoms with van der Waals surface area (Å²) in [5.41, 5.74) is 0.499. The van der Waals surface area contributed by atoms with Crippen LogP contribution in [0.5, 0.6) is 0 Å². The minimum absolute atomic E-state index is 0.101.